The van der Waals surface area contributed by atoms with Crippen molar-refractivity contribution in [2.75, 3.05) is 18.2 Å². The van der Waals surface area contributed by atoms with Crippen LogP contribution in [0.25, 0.3) is 11.2 Å². The second-order valence-corrected chi connectivity index (χ2v) is 11.5. The van der Waals surface area contributed by atoms with Crippen LogP contribution < -0.4 is 11.3 Å². The number of hydrogen-bond donors (Lipinski definition) is 5. The van der Waals surface area contributed by atoms with Gasteiger partial charge in [-0.3, -0.25) is 32.6 Å². The smallest absolute Gasteiger partial charge is 0.340 e. The van der Waals surface area contributed by atoms with Crippen molar-refractivity contribution in [1.82, 2.24) is 19.5 Å². The molecule has 4 heterocycles. The molecule has 30 heavy (non-hydrogen) atoms. The zero-order chi connectivity index (χ0) is 21.8. The molecule has 0 aromatic carbocycles. The molecule has 2 saturated heterocycles. The molecule has 2 aliphatic heterocycles. The molecule has 2 aliphatic rings. The van der Waals surface area contributed by atoms with Crippen molar-refractivity contribution in [2.45, 2.75) is 24.5 Å². The lowest BCUT2D eigenvalue weighted by Gasteiger charge is -2.19. The van der Waals surface area contributed by atoms with Crippen molar-refractivity contribution in [2.24, 2.45) is 0 Å². The summed E-state index contributed by atoms with van der Waals surface area (Å²) in [5, 5.41) is 0. The molecule has 2 aromatic heterocycles. The molecule has 2 fully saturated rings. The Hall–Kier alpha value is -1.44. The monoisotopic (exact) mass is 487 g/mol. The zero-order valence-electron chi connectivity index (χ0n) is 14.7. The average Bonchev–Trinajstić information content (AvgIpc) is 3.24. The lowest BCUT2D eigenvalue weighted by molar-refractivity contribution is -0.0511. The molecular weight excluding hydrogens is 471 g/mol. The van der Waals surface area contributed by atoms with E-state index in [-0.39, 0.29) is 17.1 Å². The molecular formula is C11H16N5O11P3. The highest BCUT2D eigenvalue weighted by atomic mass is 31.2. The van der Waals surface area contributed by atoms with Crippen molar-refractivity contribution in [1.29, 1.82) is 0 Å². The molecule has 0 amide bonds. The molecule has 166 valence electrons. The van der Waals surface area contributed by atoms with Gasteiger partial charge in [-0.1, -0.05) is 0 Å². The number of imidazole rings is 1. The Morgan fingerprint density at radius 2 is 2.00 bits per heavy atom. The predicted molar refractivity (Wildman–Crippen MR) is 97.9 cm³/mol. The molecule has 19 heteroatoms. The van der Waals surface area contributed by atoms with E-state index in [1.54, 1.807) is 0 Å². The first-order valence-electron chi connectivity index (χ1n) is 8.19. The molecule has 0 spiro atoms. The van der Waals surface area contributed by atoms with Gasteiger partial charge in [0.15, 0.2) is 23.3 Å². The number of nitrogen functional groups attached to an aromatic ring is 1. The van der Waals surface area contributed by atoms with Gasteiger partial charge in [-0.15, -0.1) is 0 Å². The van der Waals surface area contributed by atoms with Crippen LogP contribution in [0.2, 0.25) is 0 Å². The SMILES string of the molecule is Nc1nc2c(ncn2[C@@H]2O[C@H](COP(=O)(O)CP(=O)(O)O)C3O[PH](=O)OC32)c(=O)[nH]1. The maximum Gasteiger partial charge on any atom is 0.340 e. The summed E-state index contributed by atoms with van der Waals surface area (Å²) in [5.74, 6) is -1.56. The van der Waals surface area contributed by atoms with Crippen LogP contribution in [0.15, 0.2) is 11.1 Å². The minimum atomic E-state index is -4.81. The molecule has 6 N–H and O–H groups in total. The summed E-state index contributed by atoms with van der Waals surface area (Å²) in [7, 11) is -12.4. The van der Waals surface area contributed by atoms with E-state index in [2.05, 4.69) is 15.0 Å². The molecule has 0 bridgehead atoms. The molecule has 0 saturated carbocycles. The number of nitrogens with zero attached hydrogens (tertiary/aromatic N) is 3. The van der Waals surface area contributed by atoms with Crippen molar-refractivity contribution in [3.63, 3.8) is 0 Å². The van der Waals surface area contributed by atoms with Gasteiger partial charge in [0.2, 0.25) is 5.95 Å². The van der Waals surface area contributed by atoms with E-state index in [1.165, 1.54) is 10.9 Å². The van der Waals surface area contributed by atoms with Crippen molar-refractivity contribution in [3.05, 3.63) is 16.7 Å². The Balaban J connectivity index is 1.60. The minimum Gasteiger partial charge on any atom is -0.369 e. The average molecular weight is 487 g/mol. The Kier molecular flexibility index (Phi) is 5.52. The quantitative estimate of drug-likeness (QED) is 0.311. The van der Waals surface area contributed by atoms with E-state index in [1.807, 2.05) is 0 Å². The van der Waals surface area contributed by atoms with E-state index in [4.69, 9.17) is 33.8 Å². The second kappa shape index (κ2) is 7.61. The minimum absolute atomic E-state index is 0.0443. The summed E-state index contributed by atoms with van der Waals surface area (Å²) in [6, 6.07) is 0. The largest absolute Gasteiger partial charge is 0.369 e. The number of nitrogens with two attached hydrogens (primary N) is 1. The van der Waals surface area contributed by atoms with Gasteiger partial charge >= 0.3 is 23.4 Å². The fourth-order valence-electron chi connectivity index (χ4n) is 3.18. The van der Waals surface area contributed by atoms with Gasteiger partial charge in [-0.25, -0.2) is 4.98 Å². The van der Waals surface area contributed by atoms with Crippen LogP contribution in [0, 0.1) is 0 Å². The fraction of sp³-hybridized carbons (Fsp3) is 0.545. The normalized spacial score (nSPS) is 31.1. The third-order valence-electron chi connectivity index (χ3n) is 4.28. The number of aromatic amines is 1. The van der Waals surface area contributed by atoms with Crippen LogP contribution in [0.5, 0.6) is 0 Å². The number of aromatic nitrogens is 4. The summed E-state index contributed by atoms with van der Waals surface area (Å²) in [6.45, 7) is -0.618. The van der Waals surface area contributed by atoms with Gasteiger partial charge in [0, 0.05) is 0 Å². The lowest BCUT2D eigenvalue weighted by Crippen LogP contribution is -2.31. The van der Waals surface area contributed by atoms with Crippen LogP contribution in [0.3, 0.4) is 0 Å². The highest BCUT2D eigenvalue weighted by molar-refractivity contribution is 7.70. The first kappa shape index (κ1) is 21.8. The van der Waals surface area contributed by atoms with Gasteiger partial charge in [0.05, 0.1) is 12.9 Å². The Labute approximate surface area is 167 Å². The van der Waals surface area contributed by atoms with Crippen LogP contribution in [0.4, 0.5) is 5.95 Å². The number of hydrogen-bond acceptors (Lipinski definition) is 11. The van der Waals surface area contributed by atoms with E-state index < -0.39 is 66.1 Å². The molecule has 16 nitrogen and oxygen atoms in total. The molecule has 0 aliphatic carbocycles. The van der Waals surface area contributed by atoms with Crippen LogP contribution in [-0.2, 0) is 32.0 Å². The number of H-pyrrole nitrogens is 1. The molecule has 6 atom stereocenters. The number of anilines is 1. The number of ether oxygens (including phenoxy) is 1. The summed E-state index contributed by atoms with van der Waals surface area (Å²) in [4.78, 5) is 49.6. The van der Waals surface area contributed by atoms with Gasteiger partial charge in [-0.05, 0) is 0 Å². The van der Waals surface area contributed by atoms with Gasteiger partial charge in [0.25, 0.3) is 5.56 Å². The predicted octanol–water partition coefficient (Wildman–Crippen LogP) is -0.890. The fourth-order valence-corrected chi connectivity index (χ4v) is 6.78. The summed E-state index contributed by atoms with van der Waals surface area (Å²) < 4.78 is 56.9. The summed E-state index contributed by atoms with van der Waals surface area (Å²) in [5.41, 5.74) is 4.97. The van der Waals surface area contributed by atoms with E-state index >= 15 is 0 Å². The first-order valence-corrected chi connectivity index (χ1v) is 13.0. The summed E-state index contributed by atoms with van der Waals surface area (Å²) in [6.07, 6.45) is -2.89. The number of fused-ring (bicyclic) bond motifs is 2. The maximum atomic E-state index is 12.0. The first-order chi connectivity index (χ1) is 13.9. The van der Waals surface area contributed by atoms with Crippen LogP contribution in [-0.4, -0.2) is 65.0 Å². The number of nitrogens with one attached hydrogen (secondary N) is 1. The van der Waals surface area contributed by atoms with Gasteiger partial charge in [-0.2, -0.15) is 4.98 Å². The third-order valence-corrected chi connectivity index (χ3v) is 8.66. The lowest BCUT2D eigenvalue weighted by atomic mass is 10.1. The van der Waals surface area contributed by atoms with Crippen LogP contribution >= 0.6 is 23.4 Å². The Bertz CT molecular complexity index is 1160. The topological polar surface area (TPSA) is 238 Å². The second-order valence-electron chi connectivity index (χ2n) is 6.49. The highest BCUT2D eigenvalue weighted by Gasteiger charge is 2.54. The van der Waals surface area contributed by atoms with Gasteiger partial charge < -0.3 is 34.2 Å². The van der Waals surface area contributed by atoms with Crippen molar-refractivity contribution < 1.29 is 46.7 Å². The van der Waals surface area contributed by atoms with Crippen molar-refractivity contribution in [3.8, 4) is 0 Å². The van der Waals surface area contributed by atoms with Gasteiger partial charge in [0.1, 0.15) is 18.3 Å². The molecule has 2 aromatic rings. The summed E-state index contributed by atoms with van der Waals surface area (Å²) >= 11 is 0. The van der Waals surface area contributed by atoms with E-state index in [0.29, 0.717) is 0 Å². The number of rotatable bonds is 6. The van der Waals surface area contributed by atoms with E-state index in [0.717, 1.165) is 0 Å². The van der Waals surface area contributed by atoms with Crippen LogP contribution in [0.1, 0.15) is 6.23 Å². The van der Waals surface area contributed by atoms with Crippen molar-refractivity contribution >= 4 is 40.6 Å². The molecule has 4 rings (SSSR count). The maximum absolute atomic E-state index is 12.0. The zero-order valence-corrected chi connectivity index (χ0v) is 17.5. The Morgan fingerprint density at radius 3 is 2.70 bits per heavy atom. The standard InChI is InChI=1S/C11H16N5O11P3/c12-11-14-8-5(9(17)15-11)13-2-16(8)10-7-6(26-28(18)27-7)4(25-10)1-24-30(22,23)3-29(19,20)21/h2,4,6-7,10,28H,1,3H2,(H,22,23)(H2,19,20,21)(H3,12,14,15,17)/t4-,6?,7?,10-/m1/s1. The highest BCUT2D eigenvalue weighted by Crippen LogP contribution is 2.56. The molecule has 0 radical (unpaired) electrons. The van der Waals surface area contributed by atoms with E-state index in [9.17, 15) is 23.4 Å². The molecule has 4 unspecified atom stereocenters. The Morgan fingerprint density at radius 1 is 1.30 bits per heavy atom. The third kappa shape index (κ3) is 4.30.